The molecule has 0 aliphatic carbocycles. The predicted molar refractivity (Wildman–Crippen MR) is 222 cm³/mol. The molecule has 0 saturated heterocycles. The molecular weight excluding hydrogens is 693 g/mol. The summed E-state index contributed by atoms with van der Waals surface area (Å²) in [5, 5.41) is 0. The van der Waals surface area contributed by atoms with Gasteiger partial charge in [0.25, 0.3) is 0 Å². The van der Waals surface area contributed by atoms with E-state index in [-0.39, 0.29) is 35.2 Å². The highest BCUT2D eigenvalue weighted by atomic mass is 28.4. The lowest BCUT2D eigenvalue weighted by Gasteiger charge is -2.34. The van der Waals surface area contributed by atoms with E-state index in [2.05, 4.69) is 47.0 Å². The number of rotatable bonds is 28. The van der Waals surface area contributed by atoms with Gasteiger partial charge in [0.1, 0.15) is 6.61 Å². The van der Waals surface area contributed by atoms with Crippen LogP contribution in [0.1, 0.15) is 140 Å². The minimum absolute atomic E-state index is 0.0200. The first-order chi connectivity index (χ1) is 24.3. The van der Waals surface area contributed by atoms with Gasteiger partial charge in [0, 0.05) is 6.61 Å². The van der Waals surface area contributed by atoms with E-state index < -0.39 is 16.6 Å². The quantitative estimate of drug-likeness (QED) is 0.0332. The zero-order chi connectivity index (χ0) is 40.6. The summed E-state index contributed by atoms with van der Waals surface area (Å²) in [7, 11) is -3.17. The standard InChI is InChI=1S/C17H38O3Si2.C13H26O2.C11H22O4/c1-9-11-14-21(5,6)20-22(7,8)15-12-13-19-16(18)17(3,4)10-2;1-5-8-9-12(7-3)10-15-13(14)11(4)6-2;1-4-10(3)11(12)15-9-8-14-7-6-13-5-2/h9-15H2,1-8H3;11-12H,5-10H2,1-4H3;10H,4-9H2,1-3H3. The summed E-state index contributed by atoms with van der Waals surface area (Å²) in [6, 6.07) is 2.31. The van der Waals surface area contributed by atoms with E-state index in [1.807, 2.05) is 55.4 Å². The molecule has 0 aromatic carbocycles. The fourth-order valence-electron chi connectivity index (χ4n) is 4.74. The Morgan fingerprint density at radius 2 is 1.10 bits per heavy atom. The van der Waals surface area contributed by atoms with E-state index >= 15 is 0 Å². The van der Waals surface area contributed by atoms with Crippen LogP contribution in [0.25, 0.3) is 0 Å². The van der Waals surface area contributed by atoms with Crippen LogP contribution in [-0.2, 0) is 42.2 Å². The molecule has 3 atom stereocenters. The zero-order valence-corrected chi connectivity index (χ0v) is 38.8. The van der Waals surface area contributed by atoms with Gasteiger partial charge in [-0.1, -0.05) is 87.5 Å². The van der Waals surface area contributed by atoms with Gasteiger partial charge in [-0.3, -0.25) is 14.4 Å². The highest BCUT2D eigenvalue weighted by molar-refractivity contribution is 6.84. The van der Waals surface area contributed by atoms with Crippen molar-refractivity contribution in [2.24, 2.45) is 23.2 Å². The Labute approximate surface area is 324 Å². The molecule has 0 saturated carbocycles. The number of esters is 3. The Bertz CT molecular complexity index is 880. The molecule has 52 heavy (non-hydrogen) atoms. The summed E-state index contributed by atoms with van der Waals surface area (Å²) in [4.78, 5) is 34.6. The van der Waals surface area contributed by atoms with Crippen molar-refractivity contribution in [2.75, 3.05) is 46.2 Å². The van der Waals surface area contributed by atoms with Crippen LogP contribution in [0.4, 0.5) is 0 Å². The van der Waals surface area contributed by atoms with Gasteiger partial charge in [0.2, 0.25) is 0 Å². The summed E-state index contributed by atoms with van der Waals surface area (Å²) < 4.78 is 32.6. The molecule has 0 N–H and O–H groups in total. The van der Waals surface area contributed by atoms with E-state index in [0.717, 1.165) is 38.1 Å². The van der Waals surface area contributed by atoms with Crippen molar-refractivity contribution in [3.05, 3.63) is 0 Å². The van der Waals surface area contributed by atoms with Gasteiger partial charge in [-0.2, -0.15) is 0 Å². The lowest BCUT2D eigenvalue weighted by atomic mass is 9.91. The van der Waals surface area contributed by atoms with E-state index in [1.165, 1.54) is 38.1 Å². The van der Waals surface area contributed by atoms with E-state index in [4.69, 9.17) is 27.8 Å². The number of hydrogen-bond acceptors (Lipinski definition) is 9. The Kier molecular flexibility index (Phi) is 35.0. The molecule has 0 spiro atoms. The predicted octanol–water partition coefficient (Wildman–Crippen LogP) is 11.0. The Hall–Kier alpha value is -1.28. The third-order valence-corrected chi connectivity index (χ3v) is 16.9. The van der Waals surface area contributed by atoms with Crippen molar-refractivity contribution in [2.45, 2.75) is 179 Å². The molecule has 0 aliphatic rings. The molecule has 0 amide bonds. The fourth-order valence-corrected chi connectivity index (χ4v) is 13.7. The monoisotopic (exact) mass is 779 g/mol. The van der Waals surface area contributed by atoms with Crippen LogP contribution < -0.4 is 0 Å². The topological polar surface area (TPSA) is 107 Å². The van der Waals surface area contributed by atoms with Crippen molar-refractivity contribution in [1.29, 1.82) is 0 Å². The smallest absolute Gasteiger partial charge is 0.311 e. The molecule has 0 aromatic heterocycles. The number of unbranched alkanes of at least 4 members (excludes halogenated alkanes) is 2. The van der Waals surface area contributed by atoms with Crippen LogP contribution in [0.5, 0.6) is 0 Å². The number of ether oxygens (including phenoxy) is 5. The van der Waals surface area contributed by atoms with Gasteiger partial charge >= 0.3 is 17.9 Å². The first-order valence-electron chi connectivity index (χ1n) is 20.7. The van der Waals surface area contributed by atoms with Crippen molar-refractivity contribution in [3.63, 3.8) is 0 Å². The first kappa shape index (κ1) is 55.1. The van der Waals surface area contributed by atoms with Gasteiger partial charge in [-0.25, -0.2) is 0 Å². The second kappa shape index (κ2) is 33.1. The average molecular weight is 779 g/mol. The summed E-state index contributed by atoms with van der Waals surface area (Å²) >= 11 is 0. The average Bonchev–Trinajstić information content (AvgIpc) is 3.11. The molecule has 0 aromatic rings. The van der Waals surface area contributed by atoms with Gasteiger partial charge < -0.3 is 27.8 Å². The summed E-state index contributed by atoms with van der Waals surface area (Å²) in [5.41, 5.74) is -0.363. The minimum atomic E-state index is -1.64. The van der Waals surface area contributed by atoms with Crippen LogP contribution >= 0.6 is 0 Å². The molecule has 0 rings (SSSR count). The van der Waals surface area contributed by atoms with Crippen molar-refractivity contribution < 1.29 is 42.2 Å². The van der Waals surface area contributed by atoms with Crippen LogP contribution in [0.2, 0.25) is 38.3 Å². The molecule has 11 heteroatoms. The molecular formula is C41H86O9Si2. The van der Waals surface area contributed by atoms with E-state index in [9.17, 15) is 14.4 Å². The lowest BCUT2D eigenvalue weighted by molar-refractivity contribution is -0.154. The number of carbonyl (C=O) groups excluding carboxylic acids is 3. The maximum absolute atomic E-state index is 11.9. The van der Waals surface area contributed by atoms with E-state index in [0.29, 0.717) is 52.2 Å². The SMILES string of the molecule is CCCCC(CC)COC(=O)C(C)CC.CCCC[Si](C)(C)O[Si](C)(C)CCCOC(=O)C(C)(C)CC.CCOCCOCCOC(=O)C(C)CC. The summed E-state index contributed by atoms with van der Waals surface area (Å²) in [6.45, 7) is 35.2. The van der Waals surface area contributed by atoms with Crippen molar-refractivity contribution >= 4 is 34.5 Å². The maximum Gasteiger partial charge on any atom is 0.311 e. The summed E-state index contributed by atoms with van der Waals surface area (Å²) in [6.07, 6.45) is 10.7. The highest BCUT2D eigenvalue weighted by Gasteiger charge is 2.32. The third kappa shape index (κ3) is 32.2. The molecule has 3 unspecified atom stereocenters. The third-order valence-electron chi connectivity index (χ3n) is 9.36. The number of hydrogen-bond donors (Lipinski definition) is 0. The second-order valence-electron chi connectivity index (χ2n) is 15.8. The molecule has 0 bridgehead atoms. The Balaban J connectivity index is -0.000000714. The normalized spacial score (nSPS) is 13.4. The van der Waals surface area contributed by atoms with Crippen molar-refractivity contribution in [3.8, 4) is 0 Å². The first-order valence-corrected chi connectivity index (χ1v) is 26.9. The van der Waals surface area contributed by atoms with Gasteiger partial charge in [-0.05, 0) is 97.1 Å². The van der Waals surface area contributed by atoms with Crippen LogP contribution in [-0.4, -0.2) is 80.8 Å². The molecule has 0 aliphatic heterocycles. The Morgan fingerprint density at radius 1 is 0.596 bits per heavy atom. The molecule has 0 heterocycles. The zero-order valence-electron chi connectivity index (χ0n) is 36.8. The molecule has 0 fully saturated rings. The van der Waals surface area contributed by atoms with Gasteiger partial charge in [0.15, 0.2) is 16.6 Å². The largest absolute Gasteiger partial charge is 0.465 e. The lowest BCUT2D eigenvalue weighted by Crippen LogP contribution is -2.44. The fraction of sp³-hybridized carbons (Fsp3) is 0.927. The number of carbonyl (C=O) groups is 3. The van der Waals surface area contributed by atoms with Gasteiger partial charge in [-0.15, -0.1) is 0 Å². The van der Waals surface area contributed by atoms with Crippen LogP contribution in [0.3, 0.4) is 0 Å². The summed E-state index contributed by atoms with van der Waals surface area (Å²) in [5.74, 6) is 0.325. The van der Waals surface area contributed by atoms with E-state index in [1.54, 1.807) is 0 Å². The van der Waals surface area contributed by atoms with Gasteiger partial charge in [0.05, 0.1) is 50.3 Å². The van der Waals surface area contributed by atoms with Crippen LogP contribution in [0, 0.1) is 23.2 Å². The molecule has 312 valence electrons. The molecule has 0 radical (unpaired) electrons. The highest BCUT2D eigenvalue weighted by Crippen LogP contribution is 2.25. The van der Waals surface area contributed by atoms with Crippen LogP contribution in [0.15, 0.2) is 0 Å². The van der Waals surface area contributed by atoms with Crippen molar-refractivity contribution in [1.82, 2.24) is 0 Å². The molecule has 9 nitrogen and oxygen atoms in total. The maximum atomic E-state index is 11.9. The Morgan fingerprint density at radius 3 is 1.58 bits per heavy atom. The minimum Gasteiger partial charge on any atom is -0.465 e. The second-order valence-corrected chi connectivity index (χ2v) is 24.7.